The van der Waals surface area contributed by atoms with Crippen LogP contribution in [-0.4, -0.2) is 164 Å². The molecule has 3 aromatic rings. The number of fused-ring (bicyclic) bond motifs is 1. The first-order chi connectivity index (χ1) is 40.9. The number of aliphatic carboxylic acids is 1. The number of para-hydroxylation sites is 1. The van der Waals surface area contributed by atoms with Gasteiger partial charge in [0, 0.05) is 59.8 Å². The predicted octanol–water partition coefficient (Wildman–Crippen LogP) is 3.00. The van der Waals surface area contributed by atoms with E-state index in [1.807, 2.05) is 25.1 Å². The Morgan fingerprint density at radius 2 is 1.34 bits per heavy atom. The van der Waals surface area contributed by atoms with Gasteiger partial charge in [0.05, 0.1) is 24.7 Å². The molecule has 1 fully saturated rings. The molecule has 88 heavy (non-hydrogen) atoms. The smallest absolute Gasteiger partial charge is 0.407 e. The second-order valence-corrected chi connectivity index (χ2v) is 28.2. The van der Waals surface area contributed by atoms with Crippen LogP contribution in [0.2, 0.25) is 0 Å². The number of amides is 10. The van der Waals surface area contributed by atoms with Gasteiger partial charge in [0.1, 0.15) is 60.3 Å². The summed E-state index contributed by atoms with van der Waals surface area (Å²) in [6.07, 6.45) is -0.865. The molecule has 8 atom stereocenters. The van der Waals surface area contributed by atoms with Crippen molar-refractivity contribution < 1.29 is 72.1 Å². The molecule has 0 bridgehead atoms. The molecule has 1 aromatic heterocycles. The van der Waals surface area contributed by atoms with Crippen molar-refractivity contribution in [3.63, 3.8) is 0 Å². The van der Waals surface area contributed by atoms with Crippen LogP contribution in [0, 0.1) is 6.92 Å². The van der Waals surface area contributed by atoms with Gasteiger partial charge in [-0.3, -0.25) is 43.2 Å². The third kappa shape index (κ3) is 23.5. The second kappa shape index (κ2) is 32.1. The number of rotatable bonds is 21. The summed E-state index contributed by atoms with van der Waals surface area (Å²) in [4.78, 5) is 155. The number of unbranched alkanes of at least 4 members (excludes halogenated alkanes) is 1. The Morgan fingerprint density at radius 1 is 0.727 bits per heavy atom. The van der Waals surface area contributed by atoms with E-state index in [4.69, 9.17) is 19.9 Å². The number of aryl methyl sites for hydroxylation is 1. The first-order valence-electron chi connectivity index (χ1n) is 29.0. The summed E-state index contributed by atoms with van der Waals surface area (Å²) in [6, 6.07) is 0.776. The third-order valence-corrected chi connectivity index (χ3v) is 17.9. The zero-order valence-corrected chi connectivity index (χ0v) is 54.3. The van der Waals surface area contributed by atoms with E-state index in [0.29, 0.717) is 28.7 Å². The summed E-state index contributed by atoms with van der Waals surface area (Å²) in [5.41, 5.74) is 6.69. The van der Waals surface area contributed by atoms with Crippen molar-refractivity contribution in [3.05, 3.63) is 65.4 Å². The number of benzene rings is 2. The number of alkyl carbamates (subject to hydrolysis) is 1. The maximum atomic E-state index is 15.2. The van der Waals surface area contributed by atoms with E-state index in [9.17, 15) is 43.5 Å². The standard InChI is InChI=1S/C60H89N11O15S2/c1-32-18-17-19-39-37(31-64-45(32)39)29-41-50(76)66-40(20-15-16-25-62-34(3)72)49(75)71-48(54(80)69-43(55(81)82)28-36-21-23-38(24-22-36)84-27-26-63-56(83)86-58(8,9)10)60(13,14)88-87-59(11,12)47(65-35(4)73)53(79)68-42(30-44(61)74)51(77)70-46(52(78)67-41)33(2)85-57(5,6)7/h17-19,21-24,31,33,40-43,46-48,64H,15-16,20,25-30H2,1-14H3,(H2,61,74)(H,62,72)(H,63,83)(H,65,73)(H,66,76)(H,67,78)(H,68,79)(H,69,80)(H,70,77)(H,71,75)(H,81,82)/t33-,40+,41+,42+,43?,46+,47-,48-/m1/s1. The molecule has 486 valence electrons. The SMILES string of the molecule is CC(=O)NCCCC[C@@H]1NC(=O)[C@H](Cc2c[nH]c3c(C)cccc23)NC(=O)[C@H]([C@@H](C)OC(C)(C)C)NC(=O)[C@H](CC(N)=O)NC(=O)[C@@H](NC(C)=O)C(C)(C)SSC(C)(C)[C@@H](C(=O)NC(Cc2ccc(OCCNC(=O)OC(C)(C)C)cc2)C(=O)O)NC1=O. The molecule has 28 heteroatoms. The molecule has 1 aliphatic heterocycles. The molecule has 26 nitrogen and oxygen atoms in total. The number of carbonyl (C=O) groups excluding carboxylic acids is 10. The van der Waals surface area contributed by atoms with E-state index in [0.717, 1.165) is 39.6 Å². The van der Waals surface area contributed by atoms with Crippen LogP contribution < -0.4 is 58.3 Å². The van der Waals surface area contributed by atoms with Crippen molar-refractivity contribution in [2.45, 2.75) is 205 Å². The number of aromatic nitrogens is 1. The molecule has 0 saturated carbocycles. The van der Waals surface area contributed by atoms with Crippen LogP contribution in [0.1, 0.15) is 132 Å². The molecule has 10 amide bonds. The highest BCUT2D eigenvalue weighted by Gasteiger charge is 2.46. The fourth-order valence-electron chi connectivity index (χ4n) is 9.36. The Hall–Kier alpha value is -7.59. The molecule has 2 heterocycles. The zero-order valence-electron chi connectivity index (χ0n) is 52.7. The number of carboxylic acids is 1. The average molecular weight is 1270 g/mol. The van der Waals surface area contributed by atoms with Gasteiger partial charge in [0.25, 0.3) is 0 Å². The lowest BCUT2D eigenvalue weighted by atomic mass is 9.98. The molecule has 1 saturated heterocycles. The van der Waals surface area contributed by atoms with Gasteiger partial charge in [-0.15, -0.1) is 0 Å². The molecular weight excluding hydrogens is 1180 g/mol. The maximum absolute atomic E-state index is 15.2. The van der Waals surface area contributed by atoms with Gasteiger partial charge in [0.15, 0.2) is 0 Å². The van der Waals surface area contributed by atoms with Gasteiger partial charge < -0.3 is 77.9 Å². The van der Waals surface area contributed by atoms with E-state index in [1.165, 1.54) is 13.8 Å². The first kappa shape index (κ1) is 72.9. The Balaban J connectivity index is 1.87. The molecule has 4 rings (SSSR count). The zero-order chi connectivity index (χ0) is 66.1. The summed E-state index contributed by atoms with van der Waals surface area (Å²) in [7, 11) is 1.97. The summed E-state index contributed by atoms with van der Waals surface area (Å²) in [5, 5.41) is 35.4. The van der Waals surface area contributed by atoms with Crippen molar-refractivity contribution >= 4 is 97.7 Å². The van der Waals surface area contributed by atoms with E-state index < -0.39 is 135 Å². The summed E-state index contributed by atoms with van der Waals surface area (Å²) in [5.74, 6) is -8.75. The number of carbonyl (C=O) groups is 11. The Labute approximate surface area is 521 Å². The van der Waals surface area contributed by atoms with E-state index in [-0.39, 0.29) is 51.3 Å². The average Bonchev–Trinajstić information content (AvgIpc) is 3.82. The largest absolute Gasteiger partial charge is 0.492 e. The van der Waals surface area contributed by atoms with E-state index in [2.05, 4.69) is 52.8 Å². The van der Waals surface area contributed by atoms with Gasteiger partial charge in [0.2, 0.25) is 53.2 Å². The molecule has 0 aliphatic carbocycles. The summed E-state index contributed by atoms with van der Waals surface area (Å²) < 4.78 is 14.3. The number of primary amides is 1. The fraction of sp³-hybridized carbons (Fsp3) is 0.583. The second-order valence-electron chi connectivity index (χ2n) is 24.7. The number of hydrogen-bond donors (Lipinski definition) is 12. The van der Waals surface area contributed by atoms with Crippen LogP contribution in [0.15, 0.2) is 48.7 Å². The van der Waals surface area contributed by atoms with Crippen molar-refractivity contribution in [3.8, 4) is 5.75 Å². The number of nitrogens with one attached hydrogen (secondary N) is 10. The quantitative estimate of drug-likeness (QED) is 0.0539. The molecule has 1 unspecified atom stereocenters. The number of ether oxygens (including phenoxy) is 3. The van der Waals surface area contributed by atoms with Crippen LogP contribution >= 0.6 is 21.6 Å². The van der Waals surface area contributed by atoms with Gasteiger partial charge in [-0.2, -0.15) is 0 Å². The lowest BCUT2D eigenvalue weighted by molar-refractivity contribution is -0.142. The number of nitrogens with two attached hydrogens (primary N) is 1. The molecule has 0 radical (unpaired) electrons. The van der Waals surface area contributed by atoms with E-state index >= 15 is 14.4 Å². The minimum atomic E-state index is -1.75. The van der Waals surface area contributed by atoms with Crippen LogP contribution in [0.3, 0.4) is 0 Å². The normalized spacial score (nSPS) is 21.3. The minimum absolute atomic E-state index is 0.0803. The number of hydrogen-bond acceptors (Lipinski definition) is 16. The van der Waals surface area contributed by atoms with Crippen molar-refractivity contribution in [2.24, 2.45) is 5.73 Å². The highest BCUT2D eigenvalue weighted by Crippen LogP contribution is 2.47. The lowest BCUT2D eigenvalue weighted by Gasteiger charge is -2.39. The third-order valence-electron chi connectivity index (χ3n) is 13.7. The first-order valence-corrected chi connectivity index (χ1v) is 31.1. The highest BCUT2D eigenvalue weighted by molar-refractivity contribution is 8.77. The number of H-pyrrole nitrogens is 1. The van der Waals surface area contributed by atoms with Crippen LogP contribution in [-0.2, 0) is 70.3 Å². The van der Waals surface area contributed by atoms with Crippen molar-refractivity contribution in [2.75, 3.05) is 19.7 Å². The minimum Gasteiger partial charge on any atom is -0.492 e. The van der Waals surface area contributed by atoms with Gasteiger partial charge in [-0.25, -0.2) is 9.59 Å². The summed E-state index contributed by atoms with van der Waals surface area (Å²) >= 11 is 0. The molecule has 1 aliphatic rings. The highest BCUT2D eigenvalue weighted by atomic mass is 33.1. The predicted molar refractivity (Wildman–Crippen MR) is 333 cm³/mol. The Morgan fingerprint density at radius 3 is 1.94 bits per heavy atom. The van der Waals surface area contributed by atoms with Gasteiger partial charge >= 0.3 is 12.1 Å². The van der Waals surface area contributed by atoms with Crippen LogP contribution in [0.4, 0.5) is 4.79 Å². The number of carboxylic acid groups (broad SMARTS) is 1. The Kier molecular flexibility index (Phi) is 26.5. The maximum Gasteiger partial charge on any atom is 0.407 e. The number of aromatic amines is 1. The fourth-order valence-corrected chi connectivity index (χ4v) is 12.2. The van der Waals surface area contributed by atoms with Crippen LogP contribution in [0.5, 0.6) is 5.75 Å². The van der Waals surface area contributed by atoms with E-state index in [1.54, 1.807) is 99.7 Å². The molecule has 0 spiro atoms. The van der Waals surface area contributed by atoms with Gasteiger partial charge in [-0.1, -0.05) is 51.9 Å². The topological polar surface area (TPSA) is 386 Å². The van der Waals surface area contributed by atoms with Crippen LogP contribution in [0.25, 0.3) is 10.9 Å². The molecule has 13 N–H and O–H groups in total. The lowest BCUT2D eigenvalue weighted by Crippen LogP contribution is -2.64. The summed E-state index contributed by atoms with van der Waals surface area (Å²) in [6.45, 7) is 22.9. The Bertz CT molecular complexity index is 3000. The molecular formula is C60H89N11O15S2. The van der Waals surface area contributed by atoms with Crippen molar-refractivity contribution in [1.82, 2.24) is 52.8 Å². The monoisotopic (exact) mass is 1270 g/mol. The van der Waals surface area contributed by atoms with Gasteiger partial charge in [-0.05, 0) is 131 Å². The van der Waals surface area contributed by atoms with Crippen molar-refractivity contribution in [1.29, 1.82) is 0 Å². The molecule has 2 aromatic carbocycles.